The van der Waals surface area contributed by atoms with Crippen molar-refractivity contribution in [3.05, 3.63) is 33.2 Å². The summed E-state index contributed by atoms with van der Waals surface area (Å²) in [6.07, 6.45) is 5.12. The lowest BCUT2D eigenvalue weighted by Crippen LogP contribution is -2.50. The third-order valence-corrected chi connectivity index (χ3v) is 7.41. The average molecular weight is 462 g/mol. The zero-order valence-electron chi connectivity index (χ0n) is 17.4. The molecule has 4 heterocycles. The first kappa shape index (κ1) is 20.6. The lowest BCUT2D eigenvalue weighted by atomic mass is 10.3. The molecular weight excluding hydrogens is 438 g/mol. The van der Waals surface area contributed by atoms with Crippen molar-refractivity contribution in [1.82, 2.24) is 33.9 Å². The van der Waals surface area contributed by atoms with Gasteiger partial charge in [-0.05, 0) is 25.8 Å². The molecule has 0 aromatic carbocycles. The maximum absolute atomic E-state index is 12.2. The van der Waals surface area contributed by atoms with Crippen molar-refractivity contribution in [2.24, 2.45) is 4.99 Å². The Morgan fingerprint density at radius 1 is 1.22 bits per heavy atom. The molecule has 1 saturated heterocycles. The highest BCUT2D eigenvalue weighted by Gasteiger charge is 2.27. The highest BCUT2D eigenvalue weighted by molar-refractivity contribution is 7.89. The topological polar surface area (TPSA) is 165 Å². The molecule has 0 radical (unpaired) electrons. The molecule has 1 saturated carbocycles. The van der Waals surface area contributed by atoms with Crippen molar-refractivity contribution in [3.63, 3.8) is 0 Å². The summed E-state index contributed by atoms with van der Waals surface area (Å²) < 4.78 is 27.4. The van der Waals surface area contributed by atoms with Gasteiger partial charge in [0.15, 0.2) is 5.65 Å². The first-order valence-corrected chi connectivity index (χ1v) is 12.0. The summed E-state index contributed by atoms with van der Waals surface area (Å²) in [6.45, 7) is 3.26. The van der Waals surface area contributed by atoms with Gasteiger partial charge in [-0.2, -0.15) is 23.9 Å². The molecule has 32 heavy (non-hydrogen) atoms. The zero-order chi connectivity index (χ0) is 22.5. The Labute approximate surface area is 182 Å². The van der Waals surface area contributed by atoms with E-state index < -0.39 is 15.7 Å². The number of H-pyrrole nitrogens is 2. The molecule has 5 rings (SSSR count). The molecule has 0 bridgehead atoms. The summed E-state index contributed by atoms with van der Waals surface area (Å²) in [5, 5.41) is 14.8. The molecule has 0 spiro atoms. The highest BCUT2D eigenvalue weighted by atomic mass is 32.2. The van der Waals surface area contributed by atoms with E-state index in [2.05, 4.69) is 30.0 Å². The van der Waals surface area contributed by atoms with Crippen LogP contribution in [0.5, 0.6) is 5.88 Å². The molecule has 1 aliphatic heterocycles. The fourth-order valence-electron chi connectivity index (χ4n) is 3.56. The van der Waals surface area contributed by atoms with Crippen molar-refractivity contribution in [1.29, 1.82) is 0 Å². The number of rotatable bonds is 5. The van der Waals surface area contributed by atoms with Gasteiger partial charge in [0.25, 0.3) is 5.62 Å². The van der Waals surface area contributed by atoms with E-state index in [1.165, 1.54) is 8.82 Å². The molecule has 1 aliphatic carbocycles. The SMILES string of the molecule is CCS(=O)(=O)N1CCN(c2nc(=NC3CC3)n3nc/c(=C\c4[nH]c(=O)[nH]c4O)c3n2)CC1. The molecule has 0 atom stereocenters. The van der Waals surface area contributed by atoms with Crippen molar-refractivity contribution in [2.75, 3.05) is 36.8 Å². The van der Waals surface area contributed by atoms with Gasteiger partial charge in [0, 0.05) is 31.4 Å². The average Bonchev–Trinajstić information content (AvgIpc) is 3.42. The van der Waals surface area contributed by atoms with E-state index in [4.69, 9.17) is 0 Å². The molecule has 170 valence electrons. The number of piperazine rings is 1. The van der Waals surface area contributed by atoms with E-state index in [0.717, 1.165) is 12.8 Å². The van der Waals surface area contributed by atoms with Gasteiger partial charge in [-0.3, -0.25) is 4.98 Å². The molecule has 14 heteroatoms. The fourth-order valence-corrected chi connectivity index (χ4v) is 4.64. The van der Waals surface area contributed by atoms with Gasteiger partial charge in [-0.25, -0.2) is 18.2 Å². The van der Waals surface area contributed by atoms with Crippen LogP contribution in [0.4, 0.5) is 5.95 Å². The minimum Gasteiger partial charge on any atom is -0.493 e. The third-order valence-electron chi connectivity index (χ3n) is 5.53. The number of hydrogen-bond acceptors (Lipinski definition) is 9. The minimum atomic E-state index is -3.24. The van der Waals surface area contributed by atoms with Crippen LogP contribution in [0.25, 0.3) is 11.7 Å². The maximum Gasteiger partial charge on any atom is 0.326 e. The Morgan fingerprint density at radius 2 is 1.97 bits per heavy atom. The van der Waals surface area contributed by atoms with Crippen LogP contribution in [0.3, 0.4) is 0 Å². The first-order chi connectivity index (χ1) is 15.3. The predicted molar refractivity (Wildman–Crippen MR) is 114 cm³/mol. The standard InChI is InChI=1S/C18H23N9O4S/c1-2-32(30,31)26-7-5-25(6-8-26)16-22-14-11(9-13-15(28)23-18(29)21-13)10-19-27(14)17(24-16)20-12-3-4-12/h9-10,12,28H,2-8H2,1H3,(H2,21,23,29)/b11-9+,20-17?. The second kappa shape index (κ2) is 7.70. The molecule has 2 aliphatic rings. The number of aromatic nitrogens is 6. The first-order valence-electron chi connectivity index (χ1n) is 10.4. The number of nitrogens with zero attached hydrogens (tertiary/aromatic N) is 7. The summed E-state index contributed by atoms with van der Waals surface area (Å²) in [5.74, 6) is 0.232. The summed E-state index contributed by atoms with van der Waals surface area (Å²) in [4.78, 5) is 32.1. The number of sulfonamides is 1. The third kappa shape index (κ3) is 3.86. The number of aromatic hydroxyl groups is 1. The van der Waals surface area contributed by atoms with Crippen LogP contribution in [0.1, 0.15) is 25.5 Å². The summed E-state index contributed by atoms with van der Waals surface area (Å²) in [6, 6.07) is 0.203. The van der Waals surface area contributed by atoms with Gasteiger partial charge in [-0.1, -0.05) is 0 Å². The number of aromatic amines is 2. The normalized spacial score (nSPS) is 19.3. The summed E-state index contributed by atoms with van der Waals surface area (Å²) >= 11 is 0. The van der Waals surface area contributed by atoms with Gasteiger partial charge in [0.2, 0.25) is 21.9 Å². The smallest absolute Gasteiger partial charge is 0.326 e. The molecule has 13 nitrogen and oxygen atoms in total. The number of hydrogen-bond donors (Lipinski definition) is 3. The number of anilines is 1. The Hall–Kier alpha value is -3.26. The minimum absolute atomic E-state index is 0.0724. The molecule has 3 aromatic rings. The molecule has 0 amide bonds. The second-order valence-electron chi connectivity index (χ2n) is 7.79. The Bertz CT molecular complexity index is 1440. The second-order valence-corrected chi connectivity index (χ2v) is 10.0. The van der Waals surface area contributed by atoms with E-state index >= 15 is 0 Å². The fraction of sp³-hybridized carbons (Fsp3) is 0.500. The van der Waals surface area contributed by atoms with Crippen molar-refractivity contribution in [2.45, 2.75) is 25.8 Å². The molecule has 2 fully saturated rings. The number of fused-ring (bicyclic) bond motifs is 1. The molecule has 0 unspecified atom stereocenters. The van der Waals surface area contributed by atoms with Crippen LogP contribution in [0.15, 0.2) is 16.0 Å². The van der Waals surface area contributed by atoms with Crippen LogP contribution in [0.2, 0.25) is 0 Å². The largest absolute Gasteiger partial charge is 0.493 e. The Balaban J connectivity index is 1.57. The van der Waals surface area contributed by atoms with E-state index in [1.807, 2.05) is 4.90 Å². The zero-order valence-corrected chi connectivity index (χ0v) is 18.2. The van der Waals surface area contributed by atoms with E-state index in [-0.39, 0.29) is 23.4 Å². The van der Waals surface area contributed by atoms with Crippen LogP contribution in [-0.2, 0) is 10.0 Å². The van der Waals surface area contributed by atoms with Gasteiger partial charge >= 0.3 is 5.69 Å². The Morgan fingerprint density at radius 3 is 2.59 bits per heavy atom. The van der Waals surface area contributed by atoms with Gasteiger partial charge < -0.3 is 15.0 Å². The summed E-state index contributed by atoms with van der Waals surface area (Å²) in [5.41, 5.74) is 0.580. The summed E-state index contributed by atoms with van der Waals surface area (Å²) in [7, 11) is -3.24. The maximum atomic E-state index is 12.2. The van der Waals surface area contributed by atoms with Crippen LogP contribution >= 0.6 is 0 Å². The van der Waals surface area contributed by atoms with Gasteiger partial charge in [0.05, 0.1) is 18.0 Å². The van der Waals surface area contributed by atoms with Crippen LogP contribution in [-0.4, -0.2) is 85.4 Å². The van der Waals surface area contributed by atoms with Gasteiger partial charge in [-0.15, -0.1) is 0 Å². The van der Waals surface area contributed by atoms with Crippen molar-refractivity contribution >= 4 is 27.7 Å². The molecule has 3 N–H and O–H groups in total. The van der Waals surface area contributed by atoms with E-state index in [9.17, 15) is 18.3 Å². The highest BCUT2D eigenvalue weighted by Crippen LogP contribution is 2.22. The van der Waals surface area contributed by atoms with Crippen LogP contribution in [0, 0.1) is 0 Å². The van der Waals surface area contributed by atoms with E-state index in [1.54, 1.807) is 19.2 Å². The van der Waals surface area contributed by atoms with Crippen molar-refractivity contribution < 1.29 is 13.5 Å². The predicted octanol–water partition coefficient (Wildman–Crippen LogP) is -2.07. The Kier molecular flexibility index (Phi) is 4.97. The quantitative estimate of drug-likeness (QED) is 0.390. The van der Waals surface area contributed by atoms with E-state index in [0.29, 0.717) is 48.6 Å². The van der Waals surface area contributed by atoms with Crippen LogP contribution < -0.4 is 21.4 Å². The number of imidazole rings is 1. The van der Waals surface area contributed by atoms with Crippen molar-refractivity contribution in [3.8, 4) is 5.88 Å². The monoisotopic (exact) mass is 461 g/mol. The lowest BCUT2D eigenvalue weighted by Gasteiger charge is -2.33. The molecule has 3 aromatic heterocycles. The number of nitrogens with one attached hydrogen (secondary N) is 2. The molecular formula is C18H23N9O4S. The lowest BCUT2D eigenvalue weighted by molar-refractivity contribution is 0.383. The van der Waals surface area contributed by atoms with Gasteiger partial charge in [0.1, 0.15) is 5.69 Å².